The van der Waals surface area contributed by atoms with E-state index in [2.05, 4.69) is 20.8 Å². The molecule has 2 unspecified atom stereocenters. The fourth-order valence-electron chi connectivity index (χ4n) is 2.58. The number of carboxylic acid groups (broad SMARTS) is 1. The summed E-state index contributed by atoms with van der Waals surface area (Å²) < 4.78 is 0. The molecule has 0 aromatic rings. The monoisotopic (exact) mass is 284 g/mol. The van der Waals surface area contributed by atoms with E-state index in [0.717, 1.165) is 31.1 Å². The second-order valence-corrected chi connectivity index (χ2v) is 6.72. The Morgan fingerprint density at radius 1 is 0.850 bits per heavy atom. The smallest absolute Gasteiger partial charge is 0.306 e. The molecule has 0 radical (unpaired) electrons. The average molecular weight is 284 g/mol. The molecule has 0 rings (SSSR count). The standard InChI is InChI=1S/C18H36O2/c1-5-17(18(19)20)14-12-10-8-6-7-9-11-13-16(4)15(2)3/h15-17H,5-14H2,1-4H3,(H,19,20). The van der Waals surface area contributed by atoms with Gasteiger partial charge in [0.05, 0.1) is 5.92 Å². The molecular formula is C18H36O2. The van der Waals surface area contributed by atoms with E-state index in [1.807, 2.05) is 6.92 Å². The van der Waals surface area contributed by atoms with E-state index in [-0.39, 0.29) is 5.92 Å². The van der Waals surface area contributed by atoms with Crippen LogP contribution in [0.2, 0.25) is 0 Å². The molecule has 0 amide bonds. The van der Waals surface area contributed by atoms with E-state index in [4.69, 9.17) is 5.11 Å². The third-order valence-corrected chi connectivity index (χ3v) is 4.69. The molecule has 120 valence electrons. The molecule has 1 N–H and O–H groups in total. The van der Waals surface area contributed by atoms with Crippen molar-refractivity contribution in [3.63, 3.8) is 0 Å². The van der Waals surface area contributed by atoms with Crippen LogP contribution in [0.5, 0.6) is 0 Å². The highest BCUT2D eigenvalue weighted by Crippen LogP contribution is 2.19. The van der Waals surface area contributed by atoms with E-state index in [0.29, 0.717) is 0 Å². The minimum Gasteiger partial charge on any atom is -0.481 e. The summed E-state index contributed by atoms with van der Waals surface area (Å²) in [6, 6.07) is 0. The lowest BCUT2D eigenvalue weighted by Crippen LogP contribution is -2.12. The van der Waals surface area contributed by atoms with Crippen molar-refractivity contribution in [3.05, 3.63) is 0 Å². The number of unbranched alkanes of at least 4 members (excludes halogenated alkanes) is 6. The van der Waals surface area contributed by atoms with E-state index in [9.17, 15) is 4.79 Å². The first-order valence-corrected chi connectivity index (χ1v) is 8.71. The number of hydrogen-bond acceptors (Lipinski definition) is 1. The summed E-state index contributed by atoms with van der Waals surface area (Å²) in [6.45, 7) is 8.95. The fourth-order valence-corrected chi connectivity index (χ4v) is 2.58. The molecule has 20 heavy (non-hydrogen) atoms. The minimum atomic E-state index is -0.619. The van der Waals surface area contributed by atoms with Crippen molar-refractivity contribution in [3.8, 4) is 0 Å². The predicted octanol–water partition coefficient (Wildman–Crippen LogP) is 5.90. The summed E-state index contributed by atoms with van der Waals surface area (Å²) in [5.41, 5.74) is 0. The molecule has 0 heterocycles. The molecule has 0 aromatic carbocycles. The quantitative estimate of drug-likeness (QED) is 0.427. The van der Waals surface area contributed by atoms with E-state index >= 15 is 0 Å². The van der Waals surface area contributed by atoms with Crippen LogP contribution in [-0.4, -0.2) is 11.1 Å². The van der Waals surface area contributed by atoms with Crippen LogP contribution < -0.4 is 0 Å². The highest BCUT2D eigenvalue weighted by Gasteiger charge is 2.13. The number of aliphatic carboxylic acids is 1. The van der Waals surface area contributed by atoms with Gasteiger partial charge in [0.2, 0.25) is 0 Å². The first-order chi connectivity index (χ1) is 9.49. The van der Waals surface area contributed by atoms with Gasteiger partial charge in [0.1, 0.15) is 0 Å². The maximum absolute atomic E-state index is 10.9. The van der Waals surface area contributed by atoms with Gasteiger partial charge in [0.15, 0.2) is 0 Å². The van der Waals surface area contributed by atoms with Crippen LogP contribution in [0.3, 0.4) is 0 Å². The number of carbonyl (C=O) groups is 1. The van der Waals surface area contributed by atoms with Gasteiger partial charge in [0.25, 0.3) is 0 Å². The maximum Gasteiger partial charge on any atom is 0.306 e. The van der Waals surface area contributed by atoms with Gasteiger partial charge >= 0.3 is 5.97 Å². The maximum atomic E-state index is 10.9. The van der Waals surface area contributed by atoms with Crippen molar-refractivity contribution >= 4 is 5.97 Å². The van der Waals surface area contributed by atoms with E-state index < -0.39 is 5.97 Å². The molecule has 2 atom stereocenters. The zero-order valence-corrected chi connectivity index (χ0v) is 14.2. The molecule has 0 aliphatic rings. The number of rotatable bonds is 13. The van der Waals surface area contributed by atoms with Crippen LogP contribution in [0.1, 0.15) is 91.9 Å². The van der Waals surface area contributed by atoms with Gasteiger partial charge in [-0.05, 0) is 24.7 Å². The first-order valence-electron chi connectivity index (χ1n) is 8.71. The Morgan fingerprint density at radius 3 is 1.70 bits per heavy atom. The highest BCUT2D eigenvalue weighted by atomic mass is 16.4. The molecule has 0 spiro atoms. The summed E-state index contributed by atoms with van der Waals surface area (Å²) in [5, 5.41) is 8.96. The largest absolute Gasteiger partial charge is 0.481 e. The molecule has 2 heteroatoms. The molecule has 0 saturated carbocycles. The van der Waals surface area contributed by atoms with Crippen LogP contribution in [0, 0.1) is 17.8 Å². The summed E-state index contributed by atoms with van der Waals surface area (Å²) >= 11 is 0. The Hall–Kier alpha value is -0.530. The molecule has 2 nitrogen and oxygen atoms in total. The van der Waals surface area contributed by atoms with E-state index in [1.54, 1.807) is 0 Å². The number of carboxylic acids is 1. The highest BCUT2D eigenvalue weighted by molar-refractivity contribution is 5.69. The summed E-state index contributed by atoms with van der Waals surface area (Å²) in [7, 11) is 0. The zero-order chi connectivity index (χ0) is 15.4. The van der Waals surface area contributed by atoms with Gasteiger partial charge in [-0.1, -0.05) is 79.1 Å². The molecule has 0 bridgehead atoms. The van der Waals surface area contributed by atoms with Gasteiger partial charge < -0.3 is 5.11 Å². The lowest BCUT2D eigenvalue weighted by atomic mass is 9.92. The summed E-state index contributed by atoms with van der Waals surface area (Å²) in [6.07, 6.45) is 12.0. The van der Waals surface area contributed by atoms with Gasteiger partial charge in [-0.25, -0.2) is 0 Å². The van der Waals surface area contributed by atoms with Crippen molar-refractivity contribution < 1.29 is 9.90 Å². The molecule has 0 aromatic heterocycles. The van der Waals surface area contributed by atoms with Gasteiger partial charge in [-0.15, -0.1) is 0 Å². The van der Waals surface area contributed by atoms with Crippen LogP contribution in [-0.2, 0) is 4.79 Å². The molecule has 0 aliphatic heterocycles. The lowest BCUT2D eigenvalue weighted by Gasteiger charge is -2.14. The second kappa shape index (κ2) is 12.2. The summed E-state index contributed by atoms with van der Waals surface area (Å²) in [4.78, 5) is 10.9. The van der Waals surface area contributed by atoms with E-state index in [1.165, 1.54) is 44.9 Å². The second-order valence-electron chi connectivity index (χ2n) is 6.72. The van der Waals surface area contributed by atoms with Crippen molar-refractivity contribution in [2.24, 2.45) is 17.8 Å². The van der Waals surface area contributed by atoms with Crippen LogP contribution in [0.15, 0.2) is 0 Å². The van der Waals surface area contributed by atoms with Crippen LogP contribution in [0.25, 0.3) is 0 Å². The fraction of sp³-hybridized carbons (Fsp3) is 0.944. The Labute approximate surface area is 126 Å². The van der Waals surface area contributed by atoms with Gasteiger partial charge in [-0.2, -0.15) is 0 Å². The third kappa shape index (κ3) is 10.3. The van der Waals surface area contributed by atoms with Crippen molar-refractivity contribution in [2.45, 2.75) is 91.9 Å². The topological polar surface area (TPSA) is 37.3 Å². The Bertz CT molecular complexity index is 236. The number of hydrogen-bond donors (Lipinski definition) is 1. The normalized spacial score (nSPS) is 14.4. The Kier molecular flexibility index (Phi) is 11.9. The van der Waals surface area contributed by atoms with Crippen LogP contribution >= 0.6 is 0 Å². The third-order valence-electron chi connectivity index (χ3n) is 4.69. The molecular weight excluding hydrogens is 248 g/mol. The van der Waals surface area contributed by atoms with Crippen LogP contribution in [0.4, 0.5) is 0 Å². The zero-order valence-electron chi connectivity index (χ0n) is 14.2. The molecule has 0 fully saturated rings. The first kappa shape index (κ1) is 19.5. The minimum absolute atomic E-state index is 0.118. The Balaban J connectivity index is 3.31. The van der Waals surface area contributed by atoms with Crippen molar-refractivity contribution in [1.29, 1.82) is 0 Å². The van der Waals surface area contributed by atoms with Gasteiger partial charge in [-0.3, -0.25) is 4.79 Å². The Morgan fingerprint density at radius 2 is 1.30 bits per heavy atom. The average Bonchev–Trinajstić information content (AvgIpc) is 2.40. The van der Waals surface area contributed by atoms with Crippen molar-refractivity contribution in [2.75, 3.05) is 0 Å². The van der Waals surface area contributed by atoms with Gasteiger partial charge in [0, 0.05) is 0 Å². The SMILES string of the molecule is CCC(CCCCCCCCCC(C)C(C)C)C(=O)O. The molecule has 0 saturated heterocycles. The lowest BCUT2D eigenvalue weighted by molar-refractivity contribution is -0.142. The predicted molar refractivity (Wildman–Crippen MR) is 87.0 cm³/mol. The van der Waals surface area contributed by atoms with Crippen molar-refractivity contribution in [1.82, 2.24) is 0 Å². The summed E-state index contributed by atoms with van der Waals surface area (Å²) in [5.74, 6) is 0.937. The molecule has 0 aliphatic carbocycles.